The number of hydrogen-bond donors (Lipinski definition) is 1. The Hall–Kier alpha value is -0.0900. The van der Waals surface area contributed by atoms with Gasteiger partial charge in [-0.05, 0) is 32.0 Å². The van der Waals surface area contributed by atoms with Gasteiger partial charge in [0.2, 0.25) is 0 Å². The Morgan fingerprint density at radius 2 is 2.12 bits per heavy atom. The molecular formula is C13H23ClN2S. The highest BCUT2D eigenvalue weighted by molar-refractivity contribution is 7.16. The summed E-state index contributed by atoms with van der Waals surface area (Å²) in [7, 11) is 2.17. The van der Waals surface area contributed by atoms with Gasteiger partial charge in [0.05, 0.1) is 4.34 Å². The van der Waals surface area contributed by atoms with Gasteiger partial charge in [-0.15, -0.1) is 11.3 Å². The molecule has 17 heavy (non-hydrogen) atoms. The standard InChI is InChI=1S/C13H23ClN2S/c1-4-8-13(5-2,10-15)16(3)9-11-6-7-12(14)17-11/h6-7H,4-5,8-10,15H2,1-3H3. The number of rotatable bonds is 7. The van der Waals surface area contributed by atoms with Gasteiger partial charge in [-0.3, -0.25) is 4.90 Å². The van der Waals surface area contributed by atoms with E-state index in [0.29, 0.717) is 6.54 Å². The molecule has 0 aliphatic carbocycles. The molecule has 1 unspecified atom stereocenters. The predicted octanol–water partition coefficient (Wildman–Crippen LogP) is 3.74. The van der Waals surface area contributed by atoms with Crippen LogP contribution in [0.1, 0.15) is 38.0 Å². The van der Waals surface area contributed by atoms with Gasteiger partial charge >= 0.3 is 0 Å². The molecule has 4 heteroatoms. The Bertz CT molecular complexity index is 334. The highest BCUT2D eigenvalue weighted by Gasteiger charge is 2.30. The molecule has 1 aromatic rings. The number of likely N-dealkylation sites (N-methyl/N-ethyl adjacent to an activating group) is 1. The zero-order valence-corrected chi connectivity index (χ0v) is 12.6. The first-order valence-electron chi connectivity index (χ1n) is 6.23. The monoisotopic (exact) mass is 274 g/mol. The molecule has 0 saturated carbocycles. The average Bonchev–Trinajstić information content (AvgIpc) is 2.71. The smallest absolute Gasteiger partial charge is 0.0931 e. The van der Waals surface area contributed by atoms with E-state index in [2.05, 4.69) is 31.9 Å². The molecule has 0 amide bonds. The molecule has 98 valence electrons. The van der Waals surface area contributed by atoms with Gasteiger partial charge in [-0.25, -0.2) is 0 Å². The van der Waals surface area contributed by atoms with E-state index in [1.54, 1.807) is 11.3 Å². The second kappa shape index (κ2) is 6.74. The maximum absolute atomic E-state index is 6.00. The van der Waals surface area contributed by atoms with Crippen molar-refractivity contribution < 1.29 is 0 Å². The van der Waals surface area contributed by atoms with Crippen molar-refractivity contribution in [3.63, 3.8) is 0 Å². The van der Waals surface area contributed by atoms with Crippen LogP contribution in [0.5, 0.6) is 0 Å². The minimum absolute atomic E-state index is 0.130. The van der Waals surface area contributed by atoms with Crippen molar-refractivity contribution in [1.29, 1.82) is 0 Å². The lowest BCUT2D eigenvalue weighted by Crippen LogP contribution is -2.51. The first kappa shape index (κ1) is 15.0. The number of nitrogens with two attached hydrogens (primary N) is 1. The largest absolute Gasteiger partial charge is 0.329 e. The van der Waals surface area contributed by atoms with Gasteiger partial charge in [0, 0.05) is 23.5 Å². The molecule has 2 N–H and O–H groups in total. The molecule has 0 aliphatic rings. The summed E-state index contributed by atoms with van der Waals surface area (Å²) in [6, 6.07) is 4.07. The molecule has 2 nitrogen and oxygen atoms in total. The lowest BCUT2D eigenvalue weighted by Gasteiger charge is -2.40. The summed E-state index contributed by atoms with van der Waals surface area (Å²) in [6.45, 7) is 6.09. The zero-order valence-electron chi connectivity index (χ0n) is 11.0. The summed E-state index contributed by atoms with van der Waals surface area (Å²) in [5.74, 6) is 0. The van der Waals surface area contributed by atoms with E-state index in [0.717, 1.165) is 23.7 Å². The fourth-order valence-electron chi connectivity index (χ4n) is 2.34. The molecular weight excluding hydrogens is 252 g/mol. The van der Waals surface area contributed by atoms with Gasteiger partial charge in [0.25, 0.3) is 0 Å². The topological polar surface area (TPSA) is 29.3 Å². The van der Waals surface area contributed by atoms with E-state index < -0.39 is 0 Å². The highest BCUT2D eigenvalue weighted by atomic mass is 35.5. The van der Waals surface area contributed by atoms with Crippen molar-refractivity contribution in [2.45, 2.75) is 45.2 Å². The van der Waals surface area contributed by atoms with Crippen LogP contribution in [0.3, 0.4) is 0 Å². The fraction of sp³-hybridized carbons (Fsp3) is 0.692. The number of halogens is 1. The molecule has 1 aromatic heterocycles. The summed E-state index contributed by atoms with van der Waals surface area (Å²) >= 11 is 7.62. The molecule has 1 rings (SSSR count). The Kier molecular flexibility index (Phi) is 5.93. The number of hydrogen-bond acceptors (Lipinski definition) is 3. The maximum atomic E-state index is 6.00. The number of nitrogens with zero attached hydrogens (tertiary/aromatic N) is 1. The van der Waals surface area contributed by atoms with Crippen molar-refractivity contribution in [2.75, 3.05) is 13.6 Å². The van der Waals surface area contributed by atoms with Crippen LogP contribution in [0.2, 0.25) is 4.34 Å². The van der Waals surface area contributed by atoms with E-state index >= 15 is 0 Å². The summed E-state index contributed by atoms with van der Waals surface area (Å²) < 4.78 is 0.860. The van der Waals surface area contributed by atoms with Gasteiger partial charge < -0.3 is 5.73 Å². The number of thiophene rings is 1. The Labute approximate surface area is 114 Å². The van der Waals surface area contributed by atoms with E-state index in [-0.39, 0.29) is 5.54 Å². The van der Waals surface area contributed by atoms with E-state index in [1.807, 2.05) is 6.07 Å². The molecule has 0 aliphatic heterocycles. The maximum Gasteiger partial charge on any atom is 0.0931 e. The van der Waals surface area contributed by atoms with Crippen molar-refractivity contribution in [3.8, 4) is 0 Å². The molecule has 1 atom stereocenters. The summed E-state index contributed by atoms with van der Waals surface area (Å²) in [5, 5.41) is 0. The van der Waals surface area contributed by atoms with Crippen molar-refractivity contribution >= 4 is 22.9 Å². The van der Waals surface area contributed by atoms with Crippen molar-refractivity contribution in [1.82, 2.24) is 4.90 Å². The second-order valence-corrected chi connectivity index (χ2v) is 6.39. The predicted molar refractivity (Wildman–Crippen MR) is 77.8 cm³/mol. The third-order valence-corrected chi connectivity index (χ3v) is 4.80. The molecule has 0 bridgehead atoms. The molecule has 0 aromatic carbocycles. The summed E-state index contributed by atoms with van der Waals surface area (Å²) in [6.07, 6.45) is 3.41. The van der Waals surface area contributed by atoms with Crippen molar-refractivity contribution in [2.24, 2.45) is 5.73 Å². The molecule has 0 saturated heterocycles. The van der Waals surface area contributed by atoms with E-state index in [9.17, 15) is 0 Å². The molecule has 0 fully saturated rings. The van der Waals surface area contributed by atoms with Crippen molar-refractivity contribution in [3.05, 3.63) is 21.3 Å². The third kappa shape index (κ3) is 3.68. The van der Waals surface area contributed by atoms with Gasteiger partial charge in [-0.2, -0.15) is 0 Å². The minimum atomic E-state index is 0.130. The lowest BCUT2D eigenvalue weighted by atomic mass is 9.89. The van der Waals surface area contributed by atoms with Crippen LogP contribution < -0.4 is 5.73 Å². The normalized spacial score (nSPS) is 15.2. The van der Waals surface area contributed by atoms with Crippen LogP contribution in [0, 0.1) is 0 Å². The van der Waals surface area contributed by atoms with Crippen LogP contribution >= 0.6 is 22.9 Å². The SMILES string of the molecule is CCCC(CC)(CN)N(C)Cc1ccc(Cl)s1. The van der Waals surface area contributed by atoms with Crippen LogP contribution in [-0.4, -0.2) is 24.0 Å². The average molecular weight is 275 g/mol. The van der Waals surface area contributed by atoms with Gasteiger partial charge in [-0.1, -0.05) is 31.9 Å². The van der Waals surface area contributed by atoms with Gasteiger partial charge in [0.1, 0.15) is 0 Å². The van der Waals surface area contributed by atoms with E-state index in [1.165, 1.54) is 11.3 Å². The molecule has 1 heterocycles. The Morgan fingerprint density at radius 3 is 2.53 bits per heavy atom. The van der Waals surface area contributed by atoms with Crippen LogP contribution in [0.25, 0.3) is 0 Å². The fourth-order valence-corrected chi connectivity index (χ4v) is 3.48. The molecule has 0 spiro atoms. The lowest BCUT2D eigenvalue weighted by molar-refractivity contribution is 0.103. The van der Waals surface area contributed by atoms with Gasteiger partial charge in [0.15, 0.2) is 0 Å². The van der Waals surface area contributed by atoms with E-state index in [4.69, 9.17) is 17.3 Å². The first-order valence-corrected chi connectivity index (χ1v) is 7.43. The Morgan fingerprint density at radius 1 is 1.41 bits per heavy atom. The second-order valence-electron chi connectivity index (χ2n) is 4.59. The highest BCUT2D eigenvalue weighted by Crippen LogP contribution is 2.28. The first-order chi connectivity index (χ1) is 8.07. The third-order valence-electron chi connectivity index (χ3n) is 3.59. The van der Waals surface area contributed by atoms with Crippen LogP contribution in [0.4, 0.5) is 0 Å². The quantitative estimate of drug-likeness (QED) is 0.821. The summed E-state index contributed by atoms with van der Waals surface area (Å²) in [5.41, 5.74) is 6.13. The zero-order chi connectivity index (χ0) is 12.9. The van der Waals surface area contributed by atoms with Crippen LogP contribution in [0.15, 0.2) is 12.1 Å². The molecule has 0 radical (unpaired) electrons. The van der Waals surface area contributed by atoms with Crippen LogP contribution in [-0.2, 0) is 6.54 Å². The summed E-state index contributed by atoms with van der Waals surface area (Å²) in [4.78, 5) is 3.69. The minimum Gasteiger partial charge on any atom is -0.329 e. The Balaban J connectivity index is 2.74.